The minimum Gasteiger partial charge on any atom is -0.444 e. The van der Waals surface area contributed by atoms with Crippen LogP contribution in [0, 0.1) is 5.92 Å². The van der Waals surface area contributed by atoms with E-state index in [0.717, 1.165) is 23.2 Å². The Morgan fingerprint density at radius 3 is 2.61 bits per heavy atom. The van der Waals surface area contributed by atoms with E-state index in [-0.39, 0.29) is 12.0 Å². The second-order valence-corrected chi connectivity index (χ2v) is 10.3. The minimum absolute atomic E-state index is 0.0460. The first-order valence-corrected chi connectivity index (χ1v) is 10.9. The predicted molar refractivity (Wildman–Crippen MR) is 121 cm³/mol. The van der Waals surface area contributed by atoms with Gasteiger partial charge < -0.3 is 9.64 Å². The number of rotatable bonds is 3. The molecule has 0 aliphatic carbocycles. The highest BCUT2D eigenvalue weighted by molar-refractivity contribution is 6.31. The smallest absolute Gasteiger partial charge is 0.410 e. The van der Waals surface area contributed by atoms with Crippen molar-refractivity contribution in [3.05, 3.63) is 58.4 Å². The van der Waals surface area contributed by atoms with Crippen molar-refractivity contribution in [1.82, 2.24) is 9.88 Å². The van der Waals surface area contributed by atoms with E-state index in [4.69, 9.17) is 16.3 Å². The van der Waals surface area contributed by atoms with Crippen LogP contribution in [-0.4, -0.2) is 40.6 Å². The van der Waals surface area contributed by atoms with Crippen molar-refractivity contribution in [3.8, 4) is 0 Å². The summed E-state index contributed by atoms with van der Waals surface area (Å²) in [5.41, 5.74) is 2.39. The van der Waals surface area contributed by atoms with E-state index in [1.165, 1.54) is 0 Å². The van der Waals surface area contributed by atoms with Crippen molar-refractivity contribution in [1.29, 1.82) is 0 Å². The molecular weight excluding hydrogens is 414 g/mol. The molecule has 0 saturated carbocycles. The zero-order valence-electron chi connectivity index (χ0n) is 18.6. The molecule has 0 spiro atoms. The first kappa shape index (κ1) is 21.6. The normalized spacial score (nSPS) is 18.1. The fourth-order valence-electron chi connectivity index (χ4n) is 4.36. The molecule has 1 aromatic carbocycles. The molecular formula is C24H28ClN3O3. The molecule has 2 aliphatic rings. The predicted octanol–water partition coefficient (Wildman–Crippen LogP) is 5.04. The molecule has 2 aliphatic heterocycles. The van der Waals surface area contributed by atoms with Gasteiger partial charge in [0.05, 0.1) is 17.4 Å². The van der Waals surface area contributed by atoms with Crippen LogP contribution in [0.15, 0.2) is 36.7 Å². The monoisotopic (exact) mass is 441 g/mol. The Morgan fingerprint density at radius 1 is 1.23 bits per heavy atom. The number of carbonyl (C=O) groups is 2. The van der Waals surface area contributed by atoms with Gasteiger partial charge in [0.15, 0.2) is 0 Å². The van der Waals surface area contributed by atoms with E-state index < -0.39 is 11.1 Å². The average molecular weight is 442 g/mol. The van der Waals surface area contributed by atoms with Crippen LogP contribution in [0.25, 0.3) is 0 Å². The summed E-state index contributed by atoms with van der Waals surface area (Å²) in [6.07, 6.45) is 4.08. The van der Waals surface area contributed by atoms with E-state index in [9.17, 15) is 9.59 Å². The summed E-state index contributed by atoms with van der Waals surface area (Å²) >= 11 is 6.19. The van der Waals surface area contributed by atoms with E-state index >= 15 is 0 Å². The van der Waals surface area contributed by atoms with Crippen LogP contribution in [0.1, 0.15) is 56.1 Å². The lowest BCUT2D eigenvalue weighted by atomic mass is 9.92. The van der Waals surface area contributed by atoms with Gasteiger partial charge in [-0.2, -0.15) is 0 Å². The zero-order chi connectivity index (χ0) is 22.6. The van der Waals surface area contributed by atoms with Crippen molar-refractivity contribution >= 4 is 29.3 Å². The van der Waals surface area contributed by atoms with E-state index in [1.54, 1.807) is 28.1 Å². The van der Waals surface area contributed by atoms with Crippen molar-refractivity contribution in [2.45, 2.75) is 52.2 Å². The molecule has 6 nitrogen and oxygen atoms in total. The number of ether oxygens (including phenoxy) is 1. The van der Waals surface area contributed by atoms with Gasteiger partial charge >= 0.3 is 6.09 Å². The number of amides is 2. The van der Waals surface area contributed by atoms with Crippen LogP contribution < -0.4 is 4.90 Å². The SMILES string of the molecule is CC(C)(C)OC(=O)N1CC(Cc2cncc(N3C(=O)c4ccc(Cl)cc4C3(C)C)c2)C1. The largest absolute Gasteiger partial charge is 0.444 e. The Kier molecular flexibility index (Phi) is 5.24. The third kappa shape index (κ3) is 4.13. The molecule has 0 atom stereocenters. The van der Waals surface area contributed by atoms with E-state index in [2.05, 4.69) is 4.98 Å². The molecule has 3 heterocycles. The van der Waals surface area contributed by atoms with Gasteiger partial charge in [0, 0.05) is 29.9 Å². The fourth-order valence-corrected chi connectivity index (χ4v) is 4.53. The molecule has 1 fully saturated rings. The van der Waals surface area contributed by atoms with Crippen LogP contribution >= 0.6 is 11.6 Å². The van der Waals surface area contributed by atoms with Gasteiger partial charge in [-0.1, -0.05) is 11.6 Å². The molecule has 4 rings (SSSR count). The van der Waals surface area contributed by atoms with Crippen molar-refractivity contribution < 1.29 is 14.3 Å². The molecule has 7 heteroatoms. The first-order valence-electron chi connectivity index (χ1n) is 10.5. The van der Waals surface area contributed by atoms with Crippen molar-refractivity contribution in [3.63, 3.8) is 0 Å². The highest BCUT2D eigenvalue weighted by atomic mass is 35.5. The van der Waals surface area contributed by atoms with Crippen molar-refractivity contribution in [2.75, 3.05) is 18.0 Å². The van der Waals surface area contributed by atoms with Gasteiger partial charge in [-0.3, -0.25) is 14.7 Å². The number of hydrogen-bond acceptors (Lipinski definition) is 4. The quantitative estimate of drug-likeness (QED) is 0.669. The minimum atomic E-state index is -0.526. The summed E-state index contributed by atoms with van der Waals surface area (Å²) < 4.78 is 5.42. The Labute approximate surface area is 188 Å². The molecule has 2 amide bonds. The van der Waals surface area contributed by atoms with E-state index in [0.29, 0.717) is 29.6 Å². The molecule has 31 heavy (non-hydrogen) atoms. The number of benzene rings is 1. The van der Waals surface area contributed by atoms with E-state index in [1.807, 2.05) is 52.9 Å². The molecule has 0 N–H and O–H groups in total. The Bertz CT molecular complexity index is 1040. The third-order valence-corrected chi connectivity index (χ3v) is 6.04. The summed E-state index contributed by atoms with van der Waals surface area (Å²) in [6.45, 7) is 11.0. The van der Waals surface area contributed by atoms with Crippen LogP contribution in [-0.2, 0) is 16.7 Å². The first-order chi connectivity index (χ1) is 14.5. The maximum absolute atomic E-state index is 13.2. The highest BCUT2D eigenvalue weighted by Crippen LogP contribution is 2.42. The number of aromatic nitrogens is 1. The zero-order valence-corrected chi connectivity index (χ0v) is 19.4. The van der Waals surface area contributed by atoms with Gasteiger partial charge in [0.25, 0.3) is 5.91 Å². The summed E-state index contributed by atoms with van der Waals surface area (Å²) in [5, 5.41) is 0.618. The van der Waals surface area contributed by atoms with Gasteiger partial charge in [-0.25, -0.2) is 4.79 Å². The van der Waals surface area contributed by atoms with Gasteiger partial charge in [0.2, 0.25) is 0 Å². The second-order valence-electron chi connectivity index (χ2n) is 9.90. The Hall–Kier alpha value is -2.60. The lowest BCUT2D eigenvalue weighted by molar-refractivity contribution is -0.000897. The molecule has 0 bridgehead atoms. The molecule has 0 unspecified atom stereocenters. The molecule has 2 aromatic rings. The number of fused-ring (bicyclic) bond motifs is 1. The van der Waals surface area contributed by atoms with Crippen LogP contribution in [0.3, 0.4) is 0 Å². The maximum Gasteiger partial charge on any atom is 0.410 e. The fraction of sp³-hybridized carbons (Fsp3) is 0.458. The number of pyridine rings is 1. The molecule has 0 radical (unpaired) electrons. The number of halogens is 1. The van der Waals surface area contributed by atoms with Crippen LogP contribution in [0.2, 0.25) is 5.02 Å². The Balaban J connectivity index is 1.47. The van der Waals surface area contributed by atoms with Gasteiger partial charge in [-0.15, -0.1) is 0 Å². The number of hydrogen-bond donors (Lipinski definition) is 0. The molecule has 1 aromatic heterocycles. The molecule has 1 saturated heterocycles. The number of likely N-dealkylation sites (tertiary alicyclic amines) is 1. The highest BCUT2D eigenvalue weighted by Gasteiger charge is 2.44. The number of carbonyl (C=O) groups excluding carboxylic acids is 2. The van der Waals surface area contributed by atoms with Crippen molar-refractivity contribution in [2.24, 2.45) is 5.92 Å². The van der Waals surface area contributed by atoms with Gasteiger partial charge in [0.1, 0.15) is 5.60 Å². The molecule has 164 valence electrons. The topological polar surface area (TPSA) is 62.7 Å². The standard InChI is InChI=1S/C24H28ClN3O3/c1-23(2,3)31-22(30)27-13-16(14-27)8-15-9-18(12-26-11-15)28-21(29)19-7-6-17(25)10-20(19)24(28,4)5/h6-7,9-12,16H,8,13-14H2,1-5H3. The number of anilines is 1. The second kappa shape index (κ2) is 7.52. The van der Waals surface area contributed by atoms with Crippen LogP contribution in [0.5, 0.6) is 0 Å². The Morgan fingerprint density at radius 2 is 1.94 bits per heavy atom. The third-order valence-electron chi connectivity index (χ3n) is 5.81. The maximum atomic E-state index is 13.2. The summed E-state index contributed by atoms with van der Waals surface area (Å²) in [5.74, 6) is 0.304. The lowest BCUT2D eigenvalue weighted by Crippen LogP contribution is -2.52. The summed E-state index contributed by atoms with van der Waals surface area (Å²) in [6, 6.07) is 7.43. The number of nitrogens with zero attached hydrogens (tertiary/aromatic N) is 3. The van der Waals surface area contributed by atoms with Gasteiger partial charge in [-0.05, 0) is 82.3 Å². The summed E-state index contributed by atoms with van der Waals surface area (Å²) in [4.78, 5) is 33.2. The average Bonchev–Trinajstić information content (AvgIpc) is 2.82. The summed E-state index contributed by atoms with van der Waals surface area (Å²) in [7, 11) is 0. The lowest BCUT2D eigenvalue weighted by Gasteiger charge is -2.40. The van der Waals surface area contributed by atoms with Crippen LogP contribution in [0.4, 0.5) is 10.5 Å².